The Balaban J connectivity index is 3.21. The van der Waals surface area contributed by atoms with Crippen molar-refractivity contribution in [2.24, 2.45) is 5.92 Å². The van der Waals surface area contributed by atoms with Gasteiger partial charge < -0.3 is 9.47 Å². The third-order valence-corrected chi connectivity index (χ3v) is 1.75. The summed E-state index contributed by atoms with van der Waals surface area (Å²) in [6.07, 6.45) is 3.44. The molecule has 68 valence electrons. The lowest BCUT2D eigenvalue weighted by atomic mass is 10.1. The van der Waals surface area contributed by atoms with E-state index in [4.69, 9.17) is 9.47 Å². The van der Waals surface area contributed by atoms with E-state index in [1.54, 1.807) is 14.2 Å². The van der Waals surface area contributed by atoms with Crippen LogP contribution in [0.3, 0.4) is 0 Å². The van der Waals surface area contributed by atoms with E-state index in [0.29, 0.717) is 0 Å². The lowest BCUT2D eigenvalue weighted by molar-refractivity contribution is -0.107. The first-order chi connectivity index (χ1) is 5.20. The fourth-order valence-corrected chi connectivity index (χ4v) is 1.02. The van der Waals surface area contributed by atoms with Crippen molar-refractivity contribution in [3.63, 3.8) is 0 Å². The van der Waals surface area contributed by atoms with Crippen molar-refractivity contribution in [2.75, 3.05) is 14.2 Å². The Morgan fingerprint density at radius 1 is 1.00 bits per heavy atom. The minimum Gasteiger partial charge on any atom is -0.356 e. The average Bonchev–Trinajstić information content (AvgIpc) is 1.98. The molecule has 0 atom stereocenters. The van der Waals surface area contributed by atoms with Gasteiger partial charge in [-0.3, -0.25) is 0 Å². The minimum absolute atomic E-state index is 0.00579. The molecule has 0 heterocycles. The second-order valence-corrected chi connectivity index (χ2v) is 3.23. The van der Waals surface area contributed by atoms with E-state index >= 15 is 0 Å². The molecule has 0 aliphatic heterocycles. The van der Waals surface area contributed by atoms with Crippen molar-refractivity contribution in [3.8, 4) is 0 Å². The van der Waals surface area contributed by atoms with Gasteiger partial charge in [0.25, 0.3) is 0 Å². The summed E-state index contributed by atoms with van der Waals surface area (Å²) in [5, 5.41) is 0. The molecular weight excluding hydrogens is 140 g/mol. The lowest BCUT2D eigenvalue weighted by Gasteiger charge is -2.13. The smallest absolute Gasteiger partial charge is 0.156 e. The molecule has 0 saturated carbocycles. The Hall–Kier alpha value is -0.0800. The second kappa shape index (κ2) is 6.62. The van der Waals surface area contributed by atoms with Gasteiger partial charge in [0, 0.05) is 14.2 Å². The molecule has 2 heteroatoms. The number of ether oxygens (including phenoxy) is 2. The van der Waals surface area contributed by atoms with Crippen molar-refractivity contribution in [2.45, 2.75) is 39.4 Å². The van der Waals surface area contributed by atoms with Gasteiger partial charge in [0.2, 0.25) is 0 Å². The topological polar surface area (TPSA) is 18.5 Å². The molecule has 0 aromatic rings. The first-order valence-corrected chi connectivity index (χ1v) is 4.26. The Morgan fingerprint density at radius 2 is 1.55 bits per heavy atom. The number of methoxy groups -OCH3 is 2. The zero-order valence-corrected chi connectivity index (χ0v) is 8.09. The summed E-state index contributed by atoms with van der Waals surface area (Å²) in [6.45, 7) is 4.46. The lowest BCUT2D eigenvalue weighted by Crippen LogP contribution is -2.12. The predicted molar refractivity (Wildman–Crippen MR) is 46.5 cm³/mol. The Labute approximate surface area is 69.9 Å². The van der Waals surface area contributed by atoms with Gasteiger partial charge in [0.15, 0.2) is 6.29 Å². The maximum atomic E-state index is 5.06. The van der Waals surface area contributed by atoms with Crippen molar-refractivity contribution >= 4 is 0 Å². The molecule has 0 amide bonds. The number of hydrogen-bond acceptors (Lipinski definition) is 2. The monoisotopic (exact) mass is 160 g/mol. The summed E-state index contributed by atoms with van der Waals surface area (Å²) in [5.74, 6) is 0.782. The molecule has 0 aliphatic rings. The molecule has 0 fully saturated rings. The van der Waals surface area contributed by atoms with Gasteiger partial charge in [-0.15, -0.1) is 0 Å². The van der Waals surface area contributed by atoms with Crippen LogP contribution in [0.4, 0.5) is 0 Å². The molecule has 0 saturated heterocycles. The molecule has 2 nitrogen and oxygen atoms in total. The third kappa shape index (κ3) is 6.32. The van der Waals surface area contributed by atoms with Crippen molar-refractivity contribution < 1.29 is 9.47 Å². The van der Waals surface area contributed by atoms with Crippen molar-refractivity contribution in [1.82, 2.24) is 0 Å². The molecule has 0 bridgehead atoms. The summed E-state index contributed by atoms with van der Waals surface area (Å²) in [5.41, 5.74) is 0. The van der Waals surface area contributed by atoms with E-state index in [0.717, 1.165) is 12.3 Å². The molecule has 0 aromatic carbocycles. The maximum Gasteiger partial charge on any atom is 0.156 e. The molecule has 11 heavy (non-hydrogen) atoms. The standard InChI is InChI=1S/C9H20O2/c1-8(2)6-5-7-9(10-3)11-4/h8-9H,5-7H2,1-4H3. The molecule has 0 aromatic heterocycles. The fraction of sp³-hybridized carbons (Fsp3) is 1.00. The summed E-state index contributed by atoms with van der Waals surface area (Å²) in [4.78, 5) is 0. The summed E-state index contributed by atoms with van der Waals surface area (Å²) < 4.78 is 10.1. The first-order valence-electron chi connectivity index (χ1n) is 4.26. The Morgan fingerprint density at radius 3 is 1.91 bits per heavy atom. The SMILES string of the molecule is COC(CCCC(C)C)OC. The average molecular weight is 160 g/mol. The van der Waals surface area contributed by atoms with Gasteiger partial charge in [-0.2, -0.15) is 0 Å². The zero-order valence-electron chi connectivity index (χ0n) is 8.09. The van der Waals surface area contributed by atoms with Crippen LogP contribution in [0.5, 0.6) is 0 Å². The normalized spacial score (nSPS) is 11.5. The van der Waals surface area contributed by atoms with E-state index in [1.807, 2.05) is 0 Å². The Bertz CT molecular complexity index is 77.6. The van der Waals surface area contributed by atoms with Gasteiger partial charge in [-0.05, 0) is 18.8 Å². The van der Waals surface area contributed by atoms with Gasteiger partial charge in [0.1, 0.15) is 0 Å². The van der Waals surface area contributed by atoms with Crippen LogP contribution in [-0.2, 0) is 9.47 Å². The summed E-state index contributed by atoms with van der Waals surface area (Å²) in [6, 6.07) is 0. The van der Waals surface area contributed by atoms with Crippen molar-refractivity contribution in [3.05, 3.63) is 0 Å². The highest BCUT2D eigenvalue weighted by Crippen LogP contribution is 2.09. The summed E-state index contributed by atoms with van der Waals surface area (Å²) in [7, 11) is 3.37. The third-order valence-electron chi connectivity index (χ3n) is 1.75. The van der Waals surface area contributed by atoms with Crippen molar-refractivity contribution in [1.29, 1.82) is 0 Å². The van der Waals surface area contributed by atoms with Gasteiger partial charge in [-0.1, -0.05) is 20.3 Å². The van der Waals surface area contributed by atoms with Gasteiger partial charge >= 0.3 is 0 Å². The van der Waals surface area contributed by atoms with Crippen LogP contribution in [-0.4, -0.2) is 20.5 Å². The zero-order chi connectivity index (χ0) is 8.69. The number of hydrogen-bond donors (Lipinski definition) is 0. The highest BCUT2D eigenvalue weighted by molar-refractivity contribution is 4.49. The van der Waals surface area contributed by atoms with E-state index in [-0.39, 0.29) is 6.29 Å². The van der Waals surface area contributed by atoms with E-state index in [9.17, 15) is 0 Å². The van der Waals surface area contributed by atoms with Gasteiger partial charge in [0.05, 0.1) is 0 Å². The van der Waals surface area contributed by atoms with Crippen LogP contribution >= 0.6 is 0 Å². The second-order valence-electron chi connectivity index (χ2n) is 3.23. The highest BCUT2D eigenvalue weighted by atomic mass is 16.7. The highest BCUT2D eigenvalue weighted by Gasteiger charge is 2.04. The van der Waals surface area contributed by atoms with Crippen LogP contribution in [0.15, 0.2) is 0 Å². The number of rotatable bonds is 6. The molecule has 0 unspecified atom stereocenters. The maximum absolute atomic E-state index is 5.06. The fourth-order valence-electron chi connectivity index (χ4n) is 1.02. The molecular formula is C9H20O2. The molecule has 0 rings (SSSR count). The minimum atomic E-state index is -0.00579. The molecule has 0 aliphatic carbocycles. The van der Waals surface area contributed by atoms with E-state index < -0.39 is 0 Å². The largest absolute Gasteiger partial charge is 0.356 e. The summed E-state index contributed by atoms with van der Waals surface area (Å²) >= 11 is 0. The predicted octanol–water partition coefficient (Wildman–Crippen LogP) is 2.43. The van der Waals surface area contributed by atoms with E-state index in [1.165, 1.54) is 12.8 Å². The van der Waals surface area contributed by atoms with Gasteiger partial charge in [-0.25, -0.2) is 0 Å². The molecule has 0 radical (unpaired) electrons. The first kappa shape index (κ1) is 10.9. The molecule has 0 N–H and O–H groups in total. The van der Waals surface area contributed by atoms with Crippen LogP contribution in [0.1, 0.15) is 33.1 Å². The van der Waals surface area contributed by atoms with Crippen LogP contribution < -0.4 is 0 Å². The van der Waals surface area contributed by atoms with E-state index in [2.05, 4.69) is 13.8 Å². The molecule has 0 spiro atoms. The van der Waals surface area contributed by atoms with Crippen LogP contribution in [0, 0.1) is 5.92 Å². The van der Waals surface area contributed by atoms with Crippen LogP contribution in [0.25, 0.3) is 0 Å². The Kier molecular flexibility index (Phi) is 6.57. The van der Waals surface area contributed by atoms with Crippen LogP contribution in [0.2, 0.25) is 0 Å². The quantitative estimate of drug-likeness (QED) is 0.556.